The summed E-state index contributed by atoms with van der Waals surface area (Å²) < 4.78 is 0. The second-order valence-electron chi connectivity index (χ2n) is 6.26. The molecule has 2 aliphatic rings. The van der Waals surface area contributed by atoms with Crippen LogP contribution in [0.3, 0.4) is 0 Å². The number of nitrogens with zero attached hydrogens (tertiary/aromatic N) is 2. The lowest BCUT2D eigenvalue weighted by molar-refractivity contribution is -0.127. The first-order valence-electron chi connectivity index (χ1n) is 9.03. The molecule has 130 valence electrons. The van der Waals surface area contributed by atoms with Gasteiger partial charge in [0.15, 0.2) is 0 Å². The van der Waals surface area contributed by atoms with Crippen LogP contribution in [0, 0.1) is 0 Å². The molecule has 24 heavy (non-hydrogen) atoms. The number of carbonyl (C=O) groups excluding carboxylic acids is 2. The first kappa shape index (κ1) is 18.2. The molecule has 0 unspecified atom stereocenters. The average molecular weight is 328 g/mol. The van der Waals surface area contributed by atoms with Gasteiger partial charge in [0.2, 0.25) is 11.8 Å². The van der Waals surface area contributed by atoms with Crippen molar-refractivity contribution in [2.24, 2.45) is 0 Å². The molecule has 2 heterocycles. The minimum Gasteiger partial charge on any atom is -0.339 e. The van der Waals surface area contributed by atoms with Gasteiger partial charge in [-0.1, -0.05) is 36.5 Å². The molecular formula is C20H28N2O2. The number of rotatable bonds is 5. The fourth-order valence-electron chi connectivity index (χ4n) is 2.97. The van der Waals surface area contributed by atoms with E-state index in [0.29, 0.717) is 0 Å². The van der Waals surface area contributed by atoms with Crippen molar-refractivity contribution in [3.05, 3.63) is 48.6 Å². The Hall–Kier alpha value is -2.10. The average Bonchev–Trinajstić information content (AvgIpc) is 2.65. The van der Waals surface area contributed by atoms with Gasteiger partial charge in [-0.15, -0.1) is 0 Å². The number of allylic oxidation sites excluding steroid dienone is 6. The highest BCUT2D eigenvalue weighted by molar-refractivity contribution is 5.88. The summed E-state index contributed by atoms with van der Waals surface area (Å²) in [6, 6.07) is 0. The lowest BCUT2D eigenvalue weighted by Gasteiger charge is -2.25. The van der Waals surface area contributed by atoms with Gasteiger partial charge in [-0.25, -0.2) is 0 Å². The summed E-state index contributed by atoms with van der Waals surface area (Å²) in [7, 11) is 0. The summed E-state index contributed by atoms with van der Waals surface area (Å²) in [4.78, 5) is 27.6. The molecule has 0 bridgehead atoms. The zero-order valence-electron chi connectivity index (χ0n) is 14.4. The number of likely N-dealkylation sites (tertiary alicyclic amines) is 2. The summed E-state index contributed by atoms with van der Waals surface area (Å²) >= 11 is 0. The normalized spacial score (nSPS) is 20.0. The Morgan fingerprint density at radius 2 is 0.833 bits per heavy atom. The Labute approximate surface area is 145 Å². The first-order valence-corrected chi connectivity index (χ1v) is 9.03. The van der Waals surface area contributed by atoms with Crippen molar-refractivity contribution in [3.63, 3.8) is 0 Å². The fraction of sp³-hybridized carbons (Fsp3) is 0.500. The van der Waals surface area contributed by atoms with Gasteiger partial charge in [-0.3, -0.25) is 9.59 Å². The standard InChI is InChI=1S/C20H28N2O2/c23-19(21-15-9-5-10-16-21)13-7-3-1-2-4-8-14-20(24)22-17-11-6-12-18-22/h1-4,7-8,13-14H,5-6,9-12,15-18H2/b3-1+,4-2+,13-7+,14-8+. The SMILES string of the molecule is O=C(/C=C/C=C/C=C/C=C/C(=O)N1CCCCC1)N1CCCCC1. The molecule has 0 N–H and O–H groups in total. The minimum absolute atomic E-state index is 0.0929. The topological polar surface area (TPSA) is 40.6 Å². The third kappa shape index (κ3) is 6.57. The van der Waals surface area contributed by atoms with Crippen molar-refractivity contribution in [1.29, 1.82) is 0 Å². The monoisotopic (exact) mass is 328 g/mol. The molecular weight excluding hydrogens is 300 g/mol. The number of hydrogen-bond acceptors (Lipinski definition) is 2. The summed E-state index contributed by atoms with van der Waals surface area (Å²) in [5.41, 5.74) is 0. The largest absolute Gasteiger partial charge is 0.339 e. The van der Waals surface area contributed by atoms with Gasteiger partial charge in [0.05, 0.1) is 0 Å². The van der Waals surface area contributed by atoms with E-state index in [1.807, 2.05) is 34.1 Å². The third-order valence-electron chi connectivity index (χ3n) is 4.37. The van der Waals surface area contributed by atoms with Crippen LogP contribution in [0.25, 0.3) is 0 Å². The predicted molar refractivity (Wildman–Crippen MR) is 97.4 cm³/mol. The van der Waals surface area contributed by atoms with E-state index in [1.165, 1.54) is 12.8 Å². The Morgan fingerprint density at radius 3 is 1.21 bits per heavy atom. The van der Waals surface area contributed by atoms with Crippen LogP contribution in [0.1, 0.15) is 38.5 Å². The molecule has 0 saturated carbocycles. The van der Waals surface area contributed by atoms with Crippen LogP contribution in [0.15, 0.2) is 48.6 Å². The molecule has 2 aliphatic heterocycles. The Morgan fingerprint density at radius 1 is 0.500 bits per heavy atom. The molecule has 2 rings (SSSR count). The van der Waals surface area contributed by atoms with Crippen LogP contribution < -0.4 is 0 Å². The molecule has 0 spiro atoms. The van der Waals surface area contributed by atoms with Crippen molar-refractivity contribution in [2.75, 3.05) is 26.2 Å². The number of amides is 2. The number of hydrogen-bond donors (Lipinski definition) is 0. The predicted octanol–water partition coefficient (Wildman–Crippen LogP) is 3.24. The summed E-state index contributed by atoms with van der Waals surface area (Å²) in [6.45, 7) is 3.51. The molecule has 2 saturated heterocycles. The van der Waals surface area contributed by atoms with Gasteiger partial charge >= 0.3 is 0 Å². The third-order valence-corrected chi connectivity index (χ3v) is 4.37. The van der Waals surface area contributed by atoms with E-state index in [9.17, 15) is 9.59 Å². The van der Waals surface area contributed by atoms with Crippen molar-refractivity contribution in [2.45, 2.75) is 38.5 Å². The summed E-state index contributed by atoms with van der Waals surface area (Å²) in [5.74, 6) is 0.186. The quantitative estimate of drug-likeness (QED) is 0.574. The van der Waals surface area contributed by atoms with E-state index < -0.39 is 0 Å². The van der Waals surface area contributed by atoms with Crippen LogP contribution in [0.2, 0.25) is 0 Å². The van der Waals surface area contributed by atoms with E-state index in [1.54, 1.807) is 24.3 Å². The van der Waals surface area contributed by atoms with Gasteiger partial charge in [-0.2, -0.15) is 0 Å². The van der Waals surface area contributed by atoms with Crippen LogP contribution in [-0.2, 0) is 9.59 Å². The minimum atomic E-state index is 0.0929. The molecule has 0 aromatic heterocycles. The second-order valence-corrected chi connectivity index (χ2v) is 6.26. The fourth-order valence-corrected chi connectivity index (χ4v) is 2.97. The van der Waals surface area contributed by atoms with Crippen molar-refractivity contribution in [1.82, 2.24) is 9.80 Å². The molecule has 2 fully saturated rings. The lowest BCUT2D eigenvalue weighted by Crippen LogP contribution is -2.34. The molecule has 0 aromatic rings. The maximum atomic E-state index is 11.9. The molecule has 0 aromatic carbocycles. The molecule has 0 atom stereocenters. The van der Waals surface area contributed by atoms with Crippen LogP contribution in [0.5, 0.6) is 0 Å². The van der Waals surface area contributed by atoms with Gasteiger partial charge < -0.3 is 9.80 Å². The van der Waals surface area contributed by atoms with E-state index >= 15 is 0 Å². The van der Waals surface area contributed by atoms with Gasteiger partial charge in [0, 0.05) is 38.3 Å². The number of carbonyl (C=O) groups is 2. The van der Waals surface area contributed by atoms with Crippen LogP contribution in [0.4, 0.5) is 0 Å². The summed E-state index contributed by atoms with van der Waals surface area (Å²) in [6.07, 6.45) is 21.0. The molecule has 4 heteroatoms. The first-order chi connectivity index (χ1) is 11.8. The highest BCUT2D eigenvalue weighted by atomic mass is 16.2. The molecule has 0 aliphatic carbocycles. The lowest BCUT2D eigenvalue weighted by atomic mass is 10.1. The number of piperidine rings is 2. The van der Waals surface area contributed by atoms with Gasteiger partial charge in [0.1, 0.15) is 0 Å². The van der Waals surface area contributed by atoms with Crippen molar-refractivity contribution < 1.29 is 9.59 Å². The molecule has 0 radical (unpaired) electrons. The van der Waals surface area contributed by atoms with E-state index in [2.05, 4.69) is 0 Å². The maximum Gasteiger partial charge on any atom is 0.246 e. The van der Waals surface area contributed by atoms with E-state index in [4.69, 9.17) is 0 Å². The van der Waals surface area contributed by atoms with E-state index in [-0.39, 0.29) is 11.8 Å². The molecule has 4 nitrogen and oxygen atoms in total. The van der Waals surface area contributed by atoms with E-state index in [0.717, 1.165) is 51.9 Å². The van der Waals surface area contributed by atoms with Crippen LogP contribution in [-0.4, -0.2) is 47.8 Å². The summed E-state index contributed by atoms with van der Waals surface area (Å²) in [5, 5.41) is 0. The van der Waals surface area contributed by atoms with Crippen LogP contribution >= 0.6 is 0 Å². The Balaban J connectivity index is 1.66. The second kappa shape index (κ2) is 10.6. The maximum absolute atomic E-state index is 11.9. The zero-order chi connectivity index (χ0) is 17.0. The molecule has 2 amide bonds. The Kier molecular flexibility index (Phi) is 8.08. The van der Waals surface area contributed by atoms with Gasteiger partial charge in [0.25, 0.3) is 0 Å². The highest BCUT2D eigenvalue weighted by Crippen LogP contribution is 2.09. The Bertz CT molecular complexity index is 472. The van der Waals surface area contributed by atoms with Gasteiger partial charge in [-0.05, 0) is 38.5 Å². The highest BCUT2D eigenvalue weighted by Gasteiger charge is 2.13. The van der Waals surface area contributed by atoms with Crippen molar-refractivity contribution >= 4 is 11.8 Å². The smallest absolute Gasteiger partial charge is 0.246 e. The zero-order valence-corrected chi connectivity index (χ0v) is 14.4. The van der Waals surface area contributed by atoms with Crippen molar-refractivity contribution in [3.8, 4) is 0 Å².